The Kier molecular flexibility index (Phi) is 7.82. The molecule has 0 aliphatic carbocycles. The Bertz CT molecular complexity index is 563. The zero-order valence-corrected chi connectivity index (χ0v) is 16.0. The Morgan fingerprint density at radius 1 is 1.36 bits per heavy atom. The van der Waals surface area contributed by atoms with Crippen LogP contribution >= 0.6 is 28.3 Å². The third-order valence-corrected chi connectivity index (χ3v) is 6.37. The molecule has 0 bridgehead atoms. The summed E-state index contributed by atoms with van der Waals surface area (Å²) in [4.78, 5) is 2.62. The molecule has 1 aromatic rings. The minimum absolute atomic E-state index is 0. The summed E-state index contributed by atoms with van der Waals surface area (Å²) in [7, 11) is -3.21. The highest BCUT2D eigenvalue weighted by Crippen LogP contribution is 2.20. The molecular weight excluding hydrogens is 388 g/mol. The van der Waals surface area contributed by atoms with Gasteiger partial charge in [0, 0.05) is 23.6 Å². The van der Waals surface area contributed by atoms with Crippen molar-refractivity contribution in [1.29, 1.82) is 0 Å². The van der Waals surface area contributed by atoms with Crippen LogP contribution in [0.3, 0.4) is 0 Å². The SMILES string of the molecule is CC(N)C1CCCN(CCS(=O)(=O)c2ccc(Br)cc2)C1.Cl. The molecule has 0 aromatic heterocycles. The third kappa shape index (κ3) is 5.49. The normalized spacial score (nSPS) is 21.1. The second-order valence-electron chi connectivity index (χ2n) is 5.83. The van der Waals surface area contributed by atoms with E-state index >= 15 is 0 Å². The number of rotatable bonds is 5. The first kappa shape index (κ1) is 19.9. The van der Waals surface area contributed by atoms with Crippen LogP contribution in [0.15, 0.2) is 33.6 Å². The van der Waals surface area contributed by atoms with Crippen molar-refractivity contribution >= 4 is 38.2 Å². The highest BCUT2D eigenvalue weighted by atomic mass is 79.9. The number of nitrogens with two attached hydrogens (primary N) is 1. The van der Waals surface area contributed by atoms with Crippen molar-refractivity contribution in [3.8, 4) is 0 Å². The van der Waals surface area contributed by atoms with Gasteiger partial charge in [-0.25, -0.2) is 8.42 Å². The van der Waals surface area contributed by atoms with Crippen LogP contribution in [0.25, 0.3) is 0 Å². The molecule has 7 heteroatoms. The van der Waals surface area contributed by atoms with Gasteiger partial charge in [-0.2, -0.15) is 0 Å². The molecule has 1 heterocycles. The fraction of sp³-hybridized carbons (Fsp3) is 0.600. The van der Waals surface area contributed by atoms with E-state index in [0.717, 1.165) is 30.4 Å². The van der Waals surface area contributed by atoms with Crippen molar-refractivity contribution in [3.05, 3.63) is 28.7 Å². The zero-order chi connectivity index (χ0) is 15.5. The van der Waals surface area contributed by atoms with Gasteiger partial charge in [0.25, 0.3) is 0 Å². The van der Waals surface area contributed by atoms with Crippen molar-refractivity contribution in [2.75, 3.05) is 25.4 Å². The summed E-state index contributed by atoms with van der Waals surface area (Å²) in [6.45, 7) is 4.50. The molecule has 2 atom stereocenters. The smallest absolute Gasteiger partial charge is 0.179 e. The molecule has 0 amide bonds. The zero-order valence-electron chi connectivity index (χ0n) is 12.7. The van der Waals surface area contributed by atoms with Crippen molar-refractivity contribution in [2.24, 2.45) is 11.7 Å². The van der Waals surface area contributed by atoms with E-state index in [4.69, 9.17) is 5.73 Å². The van der Waals surface area contributed by atoms with Crippen LogP contribution in [-0.4, -0.2) is 44.7 Å². The van der Waals surface area contributed by atoms with E-state index in [0.29, 0.717) is 17.4 Å². The van der Waals surface area contributed by atoms with E-state index in [1.54, 1.807) is 24.3 Å². The molecule has 2 N–H and O–H groups in total. The van der Waals surface area contributed by atoms with Crippen LogP contribution in [0.2, 0.25) is 0 Å². The number of hydrogen-bond acceptors (Lipinski definition) is 4. The van der Waals surface area contributed by atoms with Crippen LogP contribution in [0.4, 0.5) is 0 Å². The predicted octanol–water partition coefficient (Wildman–Crippen LogP) is 2.70. The Morgan fingerprint density at radius 2 is 2.00 bits per heavy atom. The number of nitrogens with zero attached hydrogens (tertiary/aromatic N) is 1. The van der Waals surface area contributed by atoms with E-state index in [1.165, 1.54) is 0 Å². The van der Waals surface area contributed by atoms with Gasteiger partial charge >= 0.3 is 0 Å². The first-order valence-corrected chi connectivity index (χ1v) is 9.79. The number of sulfone groups is 1. The predicted molar refractivity (Wildman–Crippen MR) is 96.3 cm³/mol. The Balaban J connectivity index is 0.00000242. The molecule has 22 heavy (non-hydrogen) atoms. The topological polar surface area (TPSA) is 63.4 Å². The molecule has 126 valence electrons. The molecule has 1 aromatic carbocycles. The number of benzene rings is 1. The van der Waals surface area contributed by atoms with Gasteiger partial charge in [0.05, 0.1) is 10.6 Å². The monoisotopic (exact) mass is 410 g/mol. The molecule has 0 saturated carbocycles. The molecule has 1 aliphatic rings. The minimum Gasteiger partial charge on any atom is -0.328 e. The Morgan fingerprint density at radius 3 is 2.59 bits per heavy atom. The summed E-state index contributed by atoms with van der Waals surface area (Å²) < 4.78 is 25.6. The standard InChI is InChI=1S/C15H23BrN2O2S.ClH/c1-12(17)13-3-2-8-18(11-13)9-10-21(19,20)15-6-4-14(16)5-7-15;/h4-7,12-13H,2-3,8-11,17H2,1H3;1H. The molecule has 1 fully saturated rings. The number of hydrogen-bond donors (Lipinski definition) is 1. The molecule has 1 aliphatic heterocycles. The first-order chi connectivity index (χ1) is 9.88. The summed E-state index contributed by atoms with van der Waals surface area (Å²) in [6, 6.07) is 7.01. The lowest BCUT2D eigenvalue weighted by molar-refractivity contribution is 0.169. The van der Waals surface area contributed by atoms with Gasteiger partial charge in [-0.15, -0.1) is 12.4 Å². The lowest BCUT2D eigenvalue weighted by Crippen LogP contribution is -2.43. The van der Waals surface area contributed by atoms with E-state index in [-0.39, 0.29) is 24.2 Å². The summed E-state index contributed by atoms with van der Waals surface area (Å²) in [6.07, 6.45) is 2.25. The van der Waals surface area contributed by atoms with E-state index < -0.39 is 9.84 Å². The highest BCUT2D eigenvalue weighted by molar-refractivity contribution is 9.10. The average Bonchev–Trinajstić information content (AvgIpc) is 2.46. The molecule has 4 nitrogen and oxygen atoms in total. The molecule has 0 spiro atoms. The van der Waals surface area contributed by atoms with E-state index in [9.17, 15) is 8.42 Å². The first-order valence-electron chi connectivity index (χ1n) is 7.35. The molecule has 1 saturated heterocycles. The van der Waals surface area contributed by atoms with Gasteiger partial charge in [-0.05, 0) is 56.5 Å². The largest absolute Gasteiger partial charge is 0.328 e. The maximum absolute atomic E-state index is 12.3. The van der Waals surface area contributed by atoms with Gasteiger partial charge in [0.2, 0.25) is 0 Å². The number of halogens is 2. The van der Waals surface area contributed by atoms with Crippen molar-refractivity contribution in [2.45, 2.75) is 30.7 Å². The minimum atomic E-state index is -3.21. The van der Waals surface area contributed by atoms with Crippen LogP contribution in [0.5, 0.6) is 0 Å². The van der Waals surface area contributed by atoms with E-state index in [1.807, 2.05) is 6.92 Å². The molecule has 2 unspecified atom stereocenters. The Labute approximate surface area is 147 Å². The lowest BCUT2D eigenvalue weighted by atomic mass is 9.92. The average molecular weight is 412 g/mol. The van der Waals surface area contributed by atoms with Crippen LogP contribution < -0.4 is 5.73 Å². The lowest BCUT2D eigenvalue weighted by Gasteiger charge is -2.34. The summed E-state index contributed by atoms with van der Waals surface area (Å²) in [5, 5.41) is 0. The van der Waals surface area contributed by atoms with Crippen molar-refractivity contribution in [1.82, 2.24) is 4.90 Å². The van der Waals surface area contributed by atoms with Gasteiger partial charge in [0.15, 0.2) is 9.84 Å². The van der Waals surface area contributed by atoms with Crippen molar-refractivity contribution < 1.29 is 8.42 Å². The van der Waals surface area contributed by atoms with Gasteiger partial charge in [0.1, 0.15) is 0 Å². The Hall–Kier alpha value is -0.140. The van der Waals surface area contributed by atoms with Crippen LogP contribution in [0, 0.1) is 5.92 Å². The maximum atomic E-state index is 12.3. The van der Waals surface area contributed by atoms with Gasteiger partial charge in [-0.3, -0.25) is 0 Å². The summed E-state index contributed by atoms with van der Waals surface area (Å²) in [5.74, 6) is 0.648. The highest BCUT2D eigenvalue weighted by Gasteiger charge is 2.24. The van der Waals surface area contributed by atoms with Gasteiger partial charge in [-0.1, -0.05) is 15.9 Å². The third-order valence-electron chi connectivity index (χ3n) is 4.13. The molecule has 0 radical (unpaired) electrons. The summed E-state index contributed by atoms with van der Waals surface area (Å²) >= 11 is 3.32. The fourth-order valence-corrected chi connectivity index (χ4v) is 4.28. The van der Waals surface area contributed by atoms with Crippen LogP contribution in [0.1, 0.15) is 19.8 Å². The molecule has 2 rings (SSSR count). The summed E-state index contributed by atoms with van der Waals surface area (Å²) in [5.41, 5.74) is 5.97. The van der Waals surface area contributed by atoms with Crippen LogP contribution in [-0.2, 0) is 9.84 Å². The fourth-order valence-electron chi connectivity index (χ4n) is 2.73. The second-order valence-corrected chi connectivity index (χ2v) is 8.86. The second kappa shape index (κ2) is 8.64. The quantitative estimate of drug-likeness (QED) is 0.809. The maximum Gasteiger partial charge on any atom is 0.179 e. The number of piperidine rings is 1. The van der Waals surface area contributed by atoms with E-state index in [2.05, 4.69) is 20.8 Å². The van der Waals surface area contributed by atoms with Gasteiger partial charge < -0.3 is 10.6 Å². The number of likely N-dealkylation sites (tertiary alicyclic amines) is 1. The van der Waals surface area contributed by atoms with Crippen molar-refractivity contribution in [3.63, 3.8) is 0 Å². The molecular formula is C15H24BrClN2O2S.